The van der Waals surface area contributed by atoms with Gasteiger partial charge in [-0.25, -0.2) is 0 Å². The molecule has 1 amide bonds. The van der Waals surface area contributed by atoms with Gasteiger partial charge in [0.05, 0.1) is 19.6 Å². The van der Waals surface area contributed by atoms with Crippen LogP contribution in [0.15, 0.2) is 48.5 Å². The Hall–Kier alpha value is -2.53. The Kier molecular flexibility index (Phi) is 5.38. The number of hydrogen-bond donors (Lipinski definition) is 1. The summed E-state index contributed by atoms with van der Waals surface area (Å²) in [6, 6.07) is 17.1. The highest BCUT2D eigenvalue weighted by molar-refractivity contribution is 5.83. The first-order valence-electron chi connectivity index (χ1n) is 11.3. The number of ether oxygens (including phenoxy) is 2. The number of carbonyl (C=O) groups is 1. The molecule has 30 heavy (non-hydrogen) atoms. The lowest BCUT2D eigenvalue weighted by Gasteiger charge is -2.29. The zero-order valence-electron chi connectivity index (χ0n) is 17.7. The van der Waals surface area contributed by atoms with Crippen molar-refractivity contribution in [3.05, 3.63) is 59.7 Å². The summed E-state index contributed by atoms with van der Waals surface area (Å²) in [6.45, 7) is 6.37. The molecule has 2 aromatic rings. The van der Waals surface area contributed by atoms with Gasteiger partial charge >= 0.3 is 0 Å². The molecule has 0 aromatic heterocycles. The van der Waals surface area contributed by atoms with Crippen molar-refractivity contribution in [2.45, 2.75) is 44.7 Å². The Bertz CT molecular complexity index is 901. The number of quaternary nitrogens is 1. The number of hydrogen-bond acceptors (Lipinski definition) is 3. The lowest BCUT2D eigenvalue weighted by molar-refractivity contribution is -0.909. The summed E-state index contributed by atoms with van der Waals surface area (Å²) in [5.41, 5.74) is 2.40. The highest BCUT2D eigenvalue weighted by atomic mass is 16.7. The van der Waals surface area contributed by atoms with Gasteiger partial charge in [0.2, 0.25) is 12.7 Å². The van der Waals surface area contributed by atoms with E-state index >= 15 is 0 Å². The van der Waals surface area contributed by atoms with Crippen molar-refractivity contribution < 1.29 is 19.2 Å². The van der Waals surface area contributed by atoms with Gasteiger partial charge < -0.3 is 19.3 Å². The molecule has 0 spiro atoms. The molecule has 5 nitrogen and oxygen atoms in total. The van der Waals surface area contributed by atoms with Crippen molar-refractivity contribution >= 4 is 5.91 Å². The highest BCUT2D eigenvalue weighted by Crippen LogP contribution is 2.48. The average molecular weight is 408 g/mol. The van der Waals surface area contributed by atoms with Crippen molar-refractivity contribution in [2.75, 3.05) is 26.4 Å². The van der Waals surface area contributed by atoms with Crippen molar-refractivity contribution in [1.29, 1.82) is 0 Å². The van der Waals surface area contributed by atoms with Crippen LogP contribution in [0.2, 0.25) is 0 Å². The summed E-state index contributed by atoms with van der Waals surface area (Å²) in [5.74, 6) is 2.38. The van der Waals surface area contributed by atoms with E-state index in [0.29, 0.717) is 24.4 Å². The summed E-state index contributed by atoms with van der Waals surface area (Å²) in [5, 5.41) is 0. The molecule has 2 aromatic carbocycles. The van der Waals surface area contributed by atoms with Gasteiger partial charge in [-0.2, -0.15) is 0 Å². The van der Waals surface area contributed by atoms with Crippen molar-refractivity contribution in [3.63, 3.8) is 0 Å². The number of nitrogens with zero attached hydrogens (tertiary/aromatic N) is 1. The molecule has 2 heterocycles. The molecule has 4 atom stereocenters. The lowest BCUT2D eigenvalue weighted by Crippen LogP contribution is -3.14. The van der Waals surface area contributed by atoms with Crippen LogP contribution in [0.25, 0.3) is 0 Å². The fraction of sp³-hybridized carbons (Fsp3) is 0.480. The highest BCUT2D eigenvalue weighted by Gasteiger charge is 2.46. The Labute approximate surface area is 178 Å². The summed E-state index contributed by atoms with van der Waals surface area (Å²) in [4.78, 5) is 17.3. The van der Waals surface area contributed by atoms with E-state index in [1.807, 2.05) is 18.2 Å². The number of rotatable bonds is 7. The van der Waals surface area contributed by atoms with Crippen molar-refractivity contribution in [3.8, 4) is 11.5 Å². The minimum absolute atomic E-state index is 0.118. The smallest absolute Gasteiger partial charge is 0.231 e. The topological polar surface area (TPSA) is 43.2 Å². The van der Waals surface area contributed by atoms with Gasteiger partial charge in [-0.3, -0.25) is 4.79 Å². The van der Waals surface area contributed by atoms with Gasteiger partial charge in [-0.1, -0.05) is 36.4 Å². The minimum atomic E-state index is 0.118. The standard InChI is InChI=1S/C25H30N2O3/c1-2-26-12-6-9-20(26)16-27(15-18-10-11-23-24(13-18)30-17-29-23)25(28)22-14-21(22)19-7-4-3-5-8-19/h3-5,7-8,10-11,13,20-22H,2,6,9,12,14-17H2,1H3/p+1/t20-,21-,22+/m0/s1. The Morgan fingerprint density at radius 1 is 1.13 bits per heavy atom. The predicted molar refractivity (Wildman–Crippen MR) is 115 cm³/mol. The van der Waals surface area contributed by atoms with Gasteiger partial charge in [0, 0.05) is 25.3 Å². The normalized spacial score (nSPS) is 26.6. The van der Waals surface area contributed by atoms with Gasteiger partial charge in [-0.15, -0.1) is 0 Å². The molecule has 1 aliphatic carbocycles. The zero-order valence-corrected chi connectivity index (χ0v) is 17.7. The fourth-order valence-electron chi connectivity index (χ4n) is 5.20. The Balaban J connectivity index is 1.33. The van der Waals surface area contributed by atoms with Gasteiger partial charge in [-0.05, 0) is 42.5 Å². The van der Waals surface area contributed by atoms with Gasteiger partial charge in [0.1, 0.15) is 6.04 Å². The summed E-state index contributed by atoms with van der Waals surface area (Å²) < 4.78 is 11.0. The monoisotopic (exact) mass is 407 g/mol. The number of carbonyl (C=O) groups excluding carboxylic acids is 1. The average Bonchev–Trinajstić information content (AvgIpc) is 3.22. The van der Waals surface area contributed by atoms with Crippen LogP contribution in [-0.4, -0.2) is 43.3 Å². The van der Waals surface area contributed by atoms with Crippen LogP contribution in [-0.2, 0) is 11.3 Å². The molecule has 158 valence electrons. The maximum atomic E-state index is 13.6. The zero-order chi connectivity index (χ0) is 20.5. The number of likely N-dealkylation sites (N-methyl/N-ethyl adjacent to an activating group) is 1. The molecule has 0 bridgehead atoms. The third-order valence-corrected chi connectivity index (χ3v) is 6.98. The largest absolute Gasteiger partial charge is 0.454 e. The van der Waals surface area contributed by atoms with Crippen LogP contribution in [0.3, 0.4) is 0 Å². The summed E-state index contributed by atoms with van der Waals surface area (Å²) in [7, 11) is 0. The molecule has 5 heteroatoms. The van der Waals surface area contributed by atoms with Gasteiger partial charge in [0.15, 0.2) is 11.5 Å². The number of benzene rings is 2. The van der Waals surface area contributed by atoms with E-state index in [0.717, 1.165) is 36.6 Å². The van der Waals surface area contributed by atoms with E-state index < -0.39 is 0 Å². The first-order valence-corrected chi connectivity index (χ1v) is 11.3. The van der Waals surface area contributed by atoms with Crippen molar-refractivity contribution in [2.24, 2.45) is 5.92 Å². The number of amides is 1. The summed E-state index contributed by atoms with van der Waals surface area (Å²) >= 11 is 0. The third-order valence-electron chi connectivity index (χ3n) is 6.98. The molecule has 2 fully saturated rings. The van der Waals surface area contributed by atoms with E-state index in [4.69, 9.17) is 9.47 Å². The second-order valence-corrected chi connectivity index (χ2v) is 8.87. The maximum absolute atomic E-state index is 13.6. The van der Waals surface area contributed by atoms with E-state index in [9.17, 15) is 4.79 Å². The SMILES string of the molecule is CC[NH+]1CCC[C@H]1CN(Cc1ccc2c(c1)OCO2)C(=O)[C@@H]1C[C@H]1c1ccccc1. The fourth-order valence-corrected chi connectivity index (χ4v) is 5.20. The second kappa shape index (κ2) is 8.31. The number of fused-ring (bicyclic) bond motifs is 1. The molecule has 1 unspecified atom stereocenters. The molecule has 5 rings (SSSR count). The third kappa shape index (κ3) is 3.91. The first-order chi connectivity index (χ1) is 14.7. The van der Waals surface area contributed by atoms with Crippen LogP contribution < -0.4 is 14.4 Å². The molecule has 0 radical (unpaired) electrons. The molecule has 1 saturated heterocycles. The molecule has 2 aliphatic heterocycles. The van der Waals surface area contributed by atoms with E-state index in [1.54, 1.807) is 4.90 Å². The van der Waals surface area contributed by atoms with Crippen LogP contribution in [0.1, 0.15) is 43.2 Å². The Morgan fingerprint density at radius 3 is 2.80 bits per heavy atom. The lowest BCUT2D eigenvalue weighted by atomic mass is 10.1. The van der Waals surface area contributed by atoms with Crippen molar-refractivity contribution in [1.82, 2.24) is 4.90 Å². The quantitative estimate of drug-likeness (QED) is 0.767. The Morgan fingerprint density at radius 2 is 1.97 bits per heavy atom. The maximum Gasteiger partial charge on any atom is 0.231 e. The van der Waals surface area contributed by atoms with E-state index in [2.05, 4.69) is 42.2 Å². The molecule has 1 N–H and O–H groups in total. The van der Waals surface area contributed by atoms with Crippen LogP contribution in [0.4, 0.5) is 0 Å². The van der Waals surface area contributed by atoms with Crippen LogP contribution in [0.5, 0.6) is 11.5 Å². The summed E-state index contributed by atoms with van der Waals surface area (Å²) in [6.07, 6.45) is 3.44. The first kappa shape index (κ1) is 19.4. The predicted octanol–water partition coefficient (Wildman–Crippen LogP) is 2.61. The molecular formula is C25H31N2O3+. The molecule has 1 saturated carbocycles. The molecule has 3 aliphatic rings. The van der Waals surface area contributed by atoms with Crippen LogP contribution in [0, 0.1) is 5.92 Å². The van der Waals surface area contributed by atoms with E-state index in [-0.39, 0.29) is 12.7 Å². The van der Waals surface area contributed by atoms with Crippen LogP contribution >= 0.6 is 0 Å². The van der Waals surface area contributed by atoms with Gasteiger partial charge in [0.25, 0.3) is 0 Å². The minimum Gasteiger partial charge on any atom is -0.454 e. The molecular weight excluding hydrogens is 376 g/mol. The number of likely N-dealkylation sites (tertiary alicyclic amines) is 1. The second-order valence-electron chi connectivity index (χ2n) is 8.87. The van der Waals surface area contributed by atoms with E-state index in [1.165, 1.54) is 24.9 Å². The number of nitrogens with one attached hydrogen (secondary N) is 1.